The molecule has 0 spiro atoms. The monoisotopic (exact) mass is 450 g/mol. The van der Waals surface area contributed by atoms with E-state index < -0.39 is 10.0 Å². The van der Waals surface area contributed by atoms with Gasteiger partial charge in [0.2, 0.25) is 0 Å². The molecule has 1 heterocycles. The summed E-state index contributed by atoms with van der Waals surface area (Å²) in [6, 6.07) is 22.7. The van der Waals surface area contributed by atoms with Crippen molar-refractivity contribution in [3.05, 3.63) is 90.0 Å². The van der Waals surface area contributed by atoms with Crippen molar-refractivity contribution in [2.75, 3.05) is 24.5 Å². The van der Waals surface area contributed by atoms with Crippen molar-refractivity contribution >= 4 is 21.6 Å². The Labute approximate surface area is 189 Å². The third-order valence-electron chi connectivity index (χ3n) is 5.59. The van der Waals surface area contributed by atoms with Crippen molar-refractivity contribution in [3.8, 4) is 5.75 Å². The van der Waals surface area contributed by atoms with Gasteiger partial charge in [-0.25, -0.2) is 8.42 Å². The third-order valence-corrected chi connectivity index (χ3v) is 7.34. The minimum atomic E-state index is -3.98. The van der Waals surface area contributed by atoms with Crippen LogP contribution in [0, 0.1) is 0 Å². The van der Waals surface area contributed by atoms with Gasteiger partial charge in [-0.05, 0) is 48.7 Å². The quantitative estimate of drug-likeness (QED) is 0.538. The second-order valence-electron chi connectivity index (χ2n) is 7.70. The van der Waals surface area contributed by atoms with Gasteiger partial charge >= 0.3 is 0 Å². The smallest absolute Gasteiger partial charge is 0.264 e. The Bertz CT molecular complexity index is 1190. The normalized spacial score (nSPS) is 13.7. The maximum absolute atomic E-state index is 13.8. The SMILES string of the molecule is COc1ccccc1N(Cc1ccccc1)S(=O)(=O)c1cccc(C(=O)N2CCCC2)c1. The zero-order valence-electron chi connectivity index (χ0n) is 18.0. The van der Waals surface area contributed by atoms with Gasteiger partial charge in [-0.15, -0.1) is 0 Å². The first-order valence-electron chi connectivity index (χ1n) is 10.6. The number of sulfonamides is 1. The molecule has 0 bridgehead atoms. The van der Waals surface area contributed by atoms with E-state index in [1.54, 1.807) is 41.3 Å². The Balaban J connectivity index is 1.76. The molecular formula is C25H26N2O4S. The van der Waals surface area contributed by atoms with E-state index in [1.807, 2.05) is 30.3 Å². The van der Waals surface area contributed by atoms with E-state index in [4.69, 9.17) is 4.74 Å². The van der Waals surface area contributed by atoms with Crippen molar-refractivity contribution in [2.24, 2.45) is 0 Å². The van der Waals surface area contributed by atoms with Crippen molar-refractivity contribution in [1.29, 1.82) is 0 Å². The number of hydrogen-bond donors (Lipinski definition) is 0. The van der Waals surface area contributed by atoms with Crippen molar-refractivity contribution in [1.82, 2.24) is 4.90 Å². The van der Waals surface area contributed by atoms with Gasteiger partial charge in [-0.2, -0.15) is 0 Å². The number of likely N-dealkylation sites (tertiary alicyclic amines) is 1. The Morgan fingerprint density at radius 2 is 1.62 bits per heavy atom. The lowest BCUT2D eigenvalue weighted by atomic mass is 10.2. The predicted molar refractivity (Wildman–Crippen MR) is 124 cm³/mol. The molecule has 1 saturated heterocycles. The zero-order valence-corrected chi connectivity index (χ0v) is 18.8. The number of amides is 1. The van der Waals surface area contributed by atoms with E-state index in [2.05, 4.69) is 0 Å². The van der Waals surface area contributed by atoms with E-state index in [0.29, 0.717) is 30.1 Å². The van der Waals surface area contributed by atoms with E-state index in [-0.39, 0.29) is 17.3 Å². The zero-order chi connectivity index (χ0) is 22.6. The van der Waals surface area contributed by atoms with Crippen LogP contribution in [0.15, 0.2) is 83.8 Å². The number of carbonyl (C=O) groups is 1. The molecule has 3 aromatic rings. The summed E-state index contributed by atoms with van der Waals surface area (Å²) in [4.78, 5) is 14.7. The first kappa shape index (κ1) is 21.9. The summed E-state index contributed by atoms with van der Waals surface area (Å²) < 4.78 is 34.5. The molecule has 0 atom stereocenters. The number of carbonyl (C=O) groups excluding carboxylic acids is 1. The minimum absolute atomic E-state index is 0.0735. The van der Waals surface area contributed by atoms with Crippen molar-refractivity contribution < 1.29 is 17.9 Å². The molecule has 1 aliphatic heterocycles. The minimum Gasteiger partial charge on any atom is -0.495 e. The van der Waals surface area contributed by atoms with E-state index in [9.17, 15) is 13.2 Å². The van der Waals surface area contributed by atoms with Gasteiger partial charge in [0.05, 0.1) is 24.2 Å². The second-order valence-corrected chi connectivity index (χ2v) is 9.56. The summed E-state index contributed by atoms with van der Waals surface area (Å²) in [5, 5.41) is 0. The summed E-state index contributed by atoms with van der Waals surface area (Å²) in [5.74, 6) is 0.322. The number of ether oxygens (including phenoxy) is 1. The molecular weight excluding hydrogens is 424 g/mol. The fraction of sp³-hybridized carbons (Fsp3) is 0.240. The predicted octanol–water partition coefficient (Wildman–Crippen LogP) is 4.33. The molecule has 0 radical (unpaired) electrons. The molecule has 7 heteroatoms. The van der Waals surface area contributed by atoms with Crippen LogP contribution in [0.1, 0.15) is 28.8 Å². The Hall–Kier alpha value is -3.32. The average Bonchev–Trinajstić information content (AvgIpc) is 3.38. The van der Waals surface area contributed by atoms with Crippen molar-refractivity contribution in [3.63, 3.8) is 0 Å². The summed E-state index contributed by atoms with van der Waals surface area (Å²) >= 11 is 0. The van der Waals surface area contributed by atoms with Gasteiger partial charge in [0, 0.05) is 18.7 Å². The van der Waals surface area contributed by atoms with Crippen LogP contribution < -0.4 is 9.04 Å². The molecule has 166 valence electrons. The Morgan fingerprint density at radius 1 is 0.938 bits per heavy atom. The molecule has 6 nitrogen and oxygen atoms in total. The van der Waals surface area contributed by atoms with Crippen LogP contribution in [-0.2, 0) is 16.6 Å². The molecule has 1 aliphatic rings. The standard InChI is InChI=1S/C25H26N2O4S/c1-31-24-15-6-5-14-23(24)27(19-20-10-3-2-4-11-20)32(29,30)22-13-9-12-21(18-22)25(28)26-16-7-8-17-26/h2-6,9-15,18H,7-8,16-17,19H2,1H3. The van der Waals surface area contributed by atoms with Crippen molar-refractivity contribution in [2.45, 2.75) is 24.3 Å². The van der Waals surface area contributed by atoms with E-state index in [0.717, 1.165) is 18.4 Å². The van der Waals surface area contributed by atoms with Gasteiger partial charge in [0.25, 0.3) is 15.9 Å². The lowest BCUT2D eigenvalue weighted by Gasteiger charge is -2.26. The van der Waals surface area contributed by atoms with Crippen LogP contribution in [0.2, 0.25) is 0 Å². The summed E-state index contributed by atoms with van der Waals surface area (Å²) in [6.07, 6.45) is 1.95. The number of nitrogens with zero attached hydrogens (tertiary/aromatic N) is 2. The fourth-order valence-electron chi connectivity index (χ4n) is 3.90. The van der Waals surface area contributed by atoms with Gasteiger partial charge in [0.1, 0.15) is 5.75 Å². The molecule has 0 aliphatic carbocycles. The largest absolute Gasteiger partial charge is 0.495 e. The number of para-hydroxylation sites is 2. The molecule has 0 unspecified atom stereocenters. The van der Waals surface area contributed by atoms with Gasteiger partial charge in [0.15, 0.2) is 0 Å². The first-order chi connectivity index (χ1) is 15.5. The molecule has 0 aromatic heterocycles. The highest BCUT2D eigenvalue weighted by molar-refractivity contribution is 7.92. The molecule has 0 saturated carbocycles. The van der Waals surface area contributed by atoms with Crippen LogP contribution in [0.25, 0.3) is 0 Å². The average molecular weight is 451 g/mol. The number of methoxy groups -OCH3 is 1. The number of rotatable bonds is 7. The van der Waals surface area contributed by atoms with Gasteiger partial charge in [-0.3, -0.25) is 9.10 Å². The summed E-state index contributed by atoms with van der Waals surface area (Å²) in [6.45, 7) is 1.54. The highest BCUT2D eigenvalue weighted by Gasteiger charge is 2.29. The second kappa shape index (κ2) is 9.44. The maximum Gasteiger partial charge on any atom is 0.264 e. The lowest BCUT2D eigenvalue weighted by Crippen LogP contribution is -2.31. The van der Waals surface area contributed by atoms with Gasteiger partial charge in [-0.1, -0.05) is 48.5 Å². The van der Waals surface area contributed by atoms with Crippen LogP contribution in [0.5, 0.6) is 5.75 Å². The summed E-state index contributed by atoms with van der Waals surface area (Å²) in [5.41, 5.74) is 1.66. The molecule has 1 fully saturated rings. The van der Waals surface area contributed by atoms with Crippen LogP contribution in [0.3, 0.4) is 0 Å². The Morgan fingerprint density at radius 3 is 2.34 bits per heavy atom. The maximum atomic E-state index is 13.8. The first-order valence-corrected chi connectivity index (χ1v) is 12.0. The highest BCUT2D eigenvalue weighted by Crippen LogP contribution is 2.34. The molecule has 4 rings (SSSR count). The van der Waals surface area contributed by atoms with Crippen LogP contribution in [-0.4, -0.2) is 39.4 Å². The van der Waals surface area contributed by atoms with Crippen LogP contribution >= 0.6 is 0 Å². The summed E-state index contributed by atoms with van der Waals surface area (Å²) in [7, 11) is -2.47. The van der Waals surface area contributed by atoms with Crippen LogP contribution in [0.4, 0.5) is 5.69 Å². The van der Waals surface area contributed by atoms with E-state index >= 15 is 0 Å². The molecule has 32 heavy (non-hydrogen) atoms. The lowest BCUT2D eigenvalue weighted by molar-refractivity contribution is 0.0792. The number of benzene rings is 3. The fourth-order valence-corrected chi connectivity index (χ4v) is 5.41. The molecule has 3 aromatic carbocycles. The number of anilines is 1. The van der Waals surface area contributed by atoms with Gasteiger partial charge < -0.3 is 9.64 Å². The third kappa shape index (κ3) is 4.48. The number of hydrogen-bond acceptors (Lipinski definition) is 4. The molecule has 1 amide bonds. The molecule has 0 N–H and O–H groups in total. The highest BCUT2D eigenvalue weighted by atomic mass is 32.2. The Kier molecular flexibility index (Phi) is 6.46. The van der Waals surface area contributed by atoms with E-state index in [1.165, 1.54) is 23.5 Å². The topological polar surface area (TPSA) is 66.9 Å².